The van der Waals surface area contributed by atoms with Crippen molar-refractivity contribution in [3.05, 3.63) is 29.8 Å². The lowest BCUT2D eigenvalue weighted by Crippen LogP contribution is -2.48. The summed E-state index contributed by atoms with van der Waals surface area (Å²) in [6, 6.07) is 5.96. The molecule has 1 heterocycles. The molecule has 1 atom stereocenters. The van der Waals surface area contributed by atoms with Gasteiger partial charge in [0.25, 0.3) is 5.91 Å². The van der Waals surface area contributed by atoms with Gasteiger partial charge in [0.05, 0.1) is 0 Å². The van der Waals surface area contributed by atoms with Crippen molar-refractivity contribution in [1.82, 2.24) is 4.90 Å². The van der Waals surface area contributed by atoms with Crippen LogP contribution in [-0.2, 0) is 9.59 Å². The van der Waals surface area contributed by atoms with Crippen molar-refractivity contribution >= 4 is 23.5 Å². The van der Waals surface area contributed by atoms with Crippen LogP contribution in [0.25, 0.3) is 0 Å². The molecule has 23 heavy (non-hydrogen) atoms. The topological polar surface area (TPSA) is 86.7 Å². The van der Waals surface area contributed by atoms with Crippen molar-refractivity contribution in [2.75, 3.05) is 11.9 Å². The number of nitrogens with one attached hydrogen (secondary N) is 1. The molecule has 1 saturated carbocycles. The highest BCUT2D eigenvalue weighted by atomic mass is 16.4. The molecule has 1 aromatic rings. The van der Waals surface area contributed by atoms with Crippen molar-refractivity contribution in [2.45, 2.75) is 38.1 Å². The monoisotopic (exact) mass is 316 g/mol. The zero-order chi connectivity index (χ0) is 16.4. The van der Waals surface area contributed by atoms with E-state index in [1.165, 1.54) is 4.90 Å². The van der Waals surface area contributed by atoms with Crippen molar-refractivity contribution in [3.63, 3.8) is 0 Å². The van der Waals surface area contributed by atoms with Crippen LogP contribution in [0.15, 0.2) is 24.3 Å². The largest absolute Gasteiger partial charge is 0.480 e. The van der Waals surface area contributed by atoms with Crippen molar-refractivity contribution < 1.29 is 19.5 Å². The third-order valence-corrected chi connectivity index (χ3v) is 4.37. The third-order valence-electron chi connectivity index (χ3n) is 4.37. The zero-order valence-corrected chi connectivity index (χ0v) is 12.8. The van der Waals surface area contributed by atoms with E-state index in [4.69, 9.17) is 0 Å². The number of piperidine rings is 1. The van der Waals surface area contributed by atoms with E-state index in [1.54, 1.807) is 24.3 Å². The maximum atomic E-state index is 12.6. The van der Waals surface area contributed by atoms with Gasteiger partial charge in [-0.2, -0.15) is 0 Å². The fourth-order valence-electron chi connectivity index (χ4n) is 2.92. The van der Waals surface area contributed by atoms with Crippen molar-refractivity contribution in [1.29, 1.82) is 0 Å². The van der Waals surface area contributed by atoms with Gasteiger partial charge < -0.3 is 15.3 Å². The van der Waals surface area contributed by atoms with Crippen LogP contribution in [0.5, 0.6) is 0 Å². The van der Waals surface area contributed by atoms with E-state index in [-0.39, 0.29) is 17.7 Å². The van der Waals surface area contributed by atoms with Crippen LogP contribution >= 0.6 is 0 Å². The van der Waals surface area contributed by atoms with Gasteiger partial charge in [0, 0.05) is 23.7 Å². The van der Waals surface area contributed by atoms with Crippen LogP contribution in [0.3, 0.4) is 0 Å². The Bertz CT molecular complexity index is 639. The SMILES string of the molecule is O=C(Nc1cccc(C(=O)N2CCCC[C@@H]2C(=O)O)c1)C1CC1. The second-order valence-electron chi connectivity index (χ2n) is 6.19. The molecule has 0 bridgehead atoms. The van der Waals surface area contributed by atoms with Gasteiger partial charge in [-0.1, -0.05) is 6.07 Å². The minimum atomic E-state index is -0.962. The number of carboxylic acids is 1. The lowest BCUT2D eigenvalue weighted by molar-refractivity contribution is -0.143. The van der Waals surface area contributed by atoms with Crippen LogP contribution in [0.4, 0.5) is 5.69 Å². The number of hydrogen-bond donors (Lipinski definition) is 2. The van der Waals surface area contributed by atoms with E-state index in [9.17, 15) is 19.5 Å². The molecule has 1 saturated heterocycles. The van der Waals surface area contributed by atoms with Gasteiger partial charge in [-0.15, -0.1) is 0 Å². The molecule has 0 unspecified atom stereocenters. The van der Waals surface area contributed by atoms with Gasteiger partial charge in [-0.3, -0.25) is 9.59 Å². The number of amides is 2. The van der Waals surface area contributed by atoms with Crippen LogP contribution in [0.1, 0.15) is 42.5 Å². The lowest BCUT2D eigenvalue weighted by Gasteiger charge is -2.33. The van der Waals surface area contributed by atoms with Gasteiger partial charge >= 0.3 is 5.97 Å². The summed E-state index contributed by atoms with van der Waals surface area (Å²) in [4.78, 5) is 37.2. The van der Waals surface area contributed by atoms with E-state index in [0.29, 0.717) is 24.2 Å². The summed E-state index contributed by atoms with van der Waals surface area (Å²) in [5.41, 5.74) is 0.989. The molecule has 2 N–H and O–H groups in total. The molecule has 3 rings (SSSR count). The van der Waals surface area contributed by atoms with E-state index >= 15 is 0 Å². The number of benzene rings is 1. The number of aliphatic carboxylic acids is 1. The number of rotatable bonds is 4. The summed E-state index contributed by atoms with van der Waals surface area (Å²) >= 11 is 0. The van der Waals surface area contributed by atoms with E-state index in [1.807, 2.05) is 0 Å². The number of carbonyl (C=O) groups excluding carboxylic acids is 2. The van der Waals surface area contributed by atoms with Gasteiger partial charge in [-0.25, -0.2) is 4.79 Å². The van der Waals surface area contributed by atoms with Crippen LogP contribution < -0.4 is 5.32 Å². The third kappa shape index (κ3) is 3.52. The molecule has 6 heteroatoms. The molecule has 1 aromatic carbocycles. The lowest BCUT2D eigenvalue weighted by atomic mass is 10.0. The molecule has 122 valence electrons. The number of anilines is 1. The second kappa shape index (κ2) is 6.40. The summed E-state index contributed by atoms with van der Waals surface area (Å²) in [6.07, 6.45) is 3.95. The molecule has 6 nitrogen and oxygen atoms in total. The molecule has 2 amide bonds. The van der Waals surface area contributed by atoms with E-state index < -0.39 is 12.0 Å². The molecule has 1 aliphatic carbocycles. The first-order valence-corrected chi connectivity index (χ1v) is 8.01. The smallest absolute Gasteiger partial charge is 0.326 e. The normalized spacial score (nSPS) is 20.9. The van der Waals surface area contributed by atoms with Crippen molar-refractivity contribution in [2.24, 2.45) is 5.92 Å². The Labute approximate surface area is 134 Å². The Morgan fingerprint density at radius 3 is 2.61 bits per heavy atom. The predicted molar refractivity (Wildman–Crippen MR) is 84.1 cm³/mol. The molecule has 0 spiro atoms. The van der Waals surface area contributed by atoms with Crippen LogP contribution in [0, 0.1) is 5.92 Å². The number of nitrogens with zero attached hydrogens (tertiary/aromatic N) is 1. The van der Waals surface area contributed by atoms with Gasteiger partial charge in [0.15, 0.2) is 0 Å². The Morgan fingerprint density at radius 2 is 1.91 bits per heavy atom. The summed E-state index contributed by atoms with van der Waals surface area (Å²) in [5.74, 6) is -1.18. The Hall–Kier alpha value is -2.37. The molecule has 2 fully saturated rings. The average molecular weight is 316 g/mol. The number of hydrogen-bond acceptors (Lipinski definition) is 3. The molecule has 2 aliphatic rings. The maximum Gasteiger partial charge on any atom is 0.326 e. The summed E-state index contributed by atoms with van der Waals surface area (Å²) in [7, 11) is 0. The first-order valence-electron chi connectivity index (χ1n) is 8.01. The van der Waals surface area contributed by atoms with Gasteiger partial charge in [0.2, 0.25) is 5.91 Å². The molecular formula is C17H20N2O4. The number of carbonyl (C=O) groups is 3. The van der Waals surface area contributed by atoms with Gasteiger partial charge in [0.1, 0.15) is 6.04 Å². The minimum absolute atomic E-state index is 0.0176. The zero-order valence-electron chi connectivity index (χ0n) is 12.8. The van der Waals surface area contributed by atoms with Crippen molar-refractivity contribution in [3.8, 4) is 0 Å². The number of carboxylic acid groups (broad SMARTS) is 1. The summed E-state index contributed by atoms with van der Waals surface area (Å²) < 4.78 is 0. The standard InChI is InChI=1S/C17H20N2O4/c20-15(11-7-8-11)18-13-5-3-4-12(10-13)16(21)19-9-2-1-6-14(19)17(22)23/h3-5,10-11,14H,1-2,6-9H2,(H,18,20)(H,22,23)/t14-/m1/s1. The fourth-order valence-corrected chi connectivity index (χ4v) is 2.92. The van der Waals surface area contributed by atoms with Crippen LogP contribution in [0.2, 0.25) is 0 Å². The minimum Gasteiger partial charge on any atom is -0.480 e. The van der Waals surface area contributed by atoms with E-state index in [2.05, 4.69) is 5.32 Å². The first-order chi connectivity index (χ1) is 11.1. The highest BCUT2D eigenvalue weighted by molar-refractivity contribution is 5.99. The maximum absolute atomic E-state index is 12.6. The molecule has 0 radical (unpaired) electrons. The average Bonchev–Trinajstić information content (AvgIpc) is 3.39. The first kappa shape index (κ1) is 15.5. The Balaban J connectivity index is 1.75. The second-order valence-corrected chi connectivity index (χ2v) is 6.19. The highest BCUT2D eigenvalue weighted by Crippen LogP contribution is 2.30. The summed E-state index contributed by atoms with van der Waals surface area (Å²) in [6.45, 7) is 0.453. The Kier molecular flexibility index (Phi) is 4.32. The summed E-state index contributed by atoms with van der Waals surface area (Å²) in [5, 5.41) is 12.1. The van der Waals surface area contributed by atoms with Crippen LogP contribution in [-0.4, -0.2) is 40.4 Å². The van der Waals surface area contributed by atoms with Gasteiger partial charge in [-0.05, 0) is 50.3 Å². The molecular weight excluding hydrogens is 296 g/mol. The molecule has 1 aliphatic heterocycles. The quantitative estimate of drug-likeness (QED) is 0.890. The molecule has 0 aromatic heterocycles. The fraction of sp³-hybridized carbons (Fsp3) is 0.471. The van der Waals surface area contributed by atoms with E-state index in [0.717, 1.165) is 25.7 Å². The highest BCUT2D eigenvalue weighted by Gasteiger charge is 2.33. The Morgan fingerprint density at radius 1 is 1.13 bits per heavy atom. The number of likely N-dealkylation sites (tertiary alicyclic amines) is 1. The predicted octanol–water partition coefficient (Wildman–Crippen LogP) is 2.11.